The van der Waals surface area contributed by atoms with E-state index in [0.29, 0.717) is 0 Å². The Labute approximate surface area is 103 Å². The highest BCUT2D eigenvalue weighted by molar-refractivity contribution is 5.95. The lowest BCUT2D eigenvalue weighted by atomic mass is 10.1. The van der Waals surface area contributed by atoms with Crippen LogP contribution in [0.2, 0.25) is 0 Å². The van der Waals surface area contributed by atoms with E-state index in [4.69, 9.17) is 10.5 Å². The van der Waals surface area contributed by atoms with Crippen molar-refractivity contribution in [3.8, 4) is 5.75 Å². The van der Waals surface area contributed by atoms with Gasteiger partial charge in [0.05, 0.1) is 18.4 Å². The minimum Gasteiger partial charge on any atom is -0.484 e. The first-order valence-electron chi connectivity index (χ1n) is 5.00. The number of ether oxygens (including phenoxy) is 2. The molecule has 1 aromatic rings. The minimum absolute atomic E-state index is 0.0192. The smallest absolute Gasteiger partial charge is 0.340 e. The van der Waals surface area contributed by atoms with Gasteiger partial charge in [-0.1, -0.05) is 0 Å². The molecule has 1 amide bonds. The lowest BCUT2D eigenvalue weighted by molar-refractivity contribution is -0.122. The van der Waals surface area contributed by atoms with E-state index in [9.17, 15) is 14.0 Å². The maximum absolute atomic E-state index is 13.4. The Morgan fingerprint density at radius 3 is 2.67 bits per heavy atom. The summed E-state index contributed by atoms with van der Waals surface area (Å²) in [6.45, 7) is -0.291. The maximum atomic E-state index is 13.4. The number of esters is 1. The van der Waals surface area contributed by atoms with Crippen molar-refractivity contribution in [1.82, 2.24) is 5.32 Å². The Hall–Kier alpha value is -2.31. The van der Waals surface area contributed by atoms with Gasteiger partial charge in [-0.2, -0.15) is 0 Å². The number of carbonyl (C=O) groups excluding carboxylic acids is 2. The van der Waals surface area contributed by atoms with Crippen molar-refractivity contribution in [2.75, 3.05) is 26.5 Å². The van der Waals surface area contributed by atoms with Gasteiger partial charge in [0, 0.05) is 13.1 Å². The fourth-order valence-electron chi connectivity index (χ4n) is 1.18. The first-order valence-corrected chi connectivity index (χ1v) is 5.00. The Kier molecular flexibility index (Phi) is 4.47. The van der Waals surface area contributed by atoms with Crippen LogP contribution in [0.3, 0.4) is 0 Å². The van der Waals surface area contributed by atoms with E-state index in [1.54, 1.807) is 0 Å². The third kappa shape index (κ3) is 3.09. The molecule has 0 aliphatic carbocycles. The van der Waals surface area contributed by atoms with E-state index in [1.165, 1.54) is 13.1 Å². The first-order chi connectivity index (χ1) is 8.49. The van der Waals surface area contributed by atoms with Gasteiger partial charge in [-0.25, -0.2) is 9.18 Å². The highest BCUT2D eigenvalue weighted by Crippen LogP contribution is 2.24. The first kappa shape index (κ1) is 13.8. The molecule has 0 heterocycles. The summed E-state index contributed by atoms with van der Waals surface area (Å²) in [6.07, 6.45) is 0. The summed E-state index contributed by atoms with van der Waals surface area (Å²) >= 11 is 0. The molecule has 0 unspecified atom stereocenters. The van der Waals surface area contributed by atoms with Crippen LogP contribution in [0.1, 0.15) is 10.4 Å². The average molecular weight is 256 g/mol. The monoisotopic (exact) mass is 256 g/mol. The van der Waals surface area contributed by atoms with Crippen molar-refractivity contribution < 1.29 is 23.5 Å². The highest BCUT2D eigenvalue weighted by atomic mass is 19.1. The molecule has 0 fully saturated rings. The normalized spacial score (nSPS) is 9.72. The van der Waals surface area contributed by atoms with E-state index in [2.05, 4.69) is 10.1 Å². The van der Waals surface area contributed by atoms with Gasteiger partial charge in [-0.3, -0.25) is 4.79 Å². The Balaban J connectivity index is 2.97. The van der Waals surface area contributed by atoms with Gasteiger partial charge in [0.1, 0.15) is 5.75 Å². The molecule has 0 saturated carbocycles. The number of likely N-dealkylation sites (N-methyl/N-ethyl adjacent to an activating group) is 1. The summed E-state index contributed by atoms with van der Waals surface area (Å²) in [6, 6.07) is 2.21. The topological polar surface area (TPSA) is 90.6 Å². The largest absolute Gasteiger partial charge is 0.484 e. The molecule has 7 heteroatoms. The molecule has 0 aromatic heterocycles. The van der Waals surface area contributed by atoms with Crippen LogP contribution in [0.5, 0.6) is 5.75 Å². The summed E-state index contributed by atoms with van der Waals surface area (Å²) < 4.78 is 22.9. The molecule has 0 atom stereocenters. The van der Waals surface area contributed by atoms with Crippen LogP contribution in [-0.4, -0.2) is 32.6 Å². The molecular weight excluding hydrogens is 243 g/mol. The van der Waals surface area contributed by atoms with E-state index in [-0.39, 0.29) is 29.5 Å². The van der Waals surface area contributed by atoms with Gasteiger partial charge in [0.25, 0.3) is 5.91 Å². The number of anilines is 1. The number of carbonyl (C=O) groups is 2. The van der Waals surface area contributed by atoms with Gasteiger partial charge in [-0.05, 0) is 6.07 Å². The number of rotatable bonds is 4. The van der Waals surface area contributed by atoms with E-state index >= 15 is 0 Å². The summed E-state index contributed by atoms with van der Waals surface area (Å²) in [4.78, 5) is 22.3. The summed E-state index contributed by atoms with van der Waals surface area (Å²) in [5, 5.41) is 2.34. The zero-order chi connectivity index (χ0) is 13.7. The zero-order valence-corrected chi connectivity index (χ0v) is 9.95. The number of hydrogen-bond acceptors (Lipinski definition) is 5. The van der Waals surface area contributed by atoms with Gasteiger partial charge in [0.15, 0.2) is 12.4 Å². The van der Waals surface area contributed by atoms with Gasteiger partial charge in [-0.15, -0.1) is 0 Å². The van der Waals surface area contributed by atoms with Crippen LogP contribution in [-0.2, 0) is 9.53 Å². The van der Waals surface area contributed by atoms with Crippen molar-refractivity contribution in [2.45, 2.75) is 0 Å². The summed E-state index contributed by atoms with van der Waals surface area (Å²) in [5.41, 5.74) is 4.93. The predicted octanol–water partition coefficient (Wildman–Crippen LogP) is 0.319. The van der Waals surface area contributed by atoms with Gasteiger partial charge < -0.3 is 20.5 Å². The molecule has 0 aliphatic heterocycles. The molecule has 0 spiro atoms. The van der Waals surface area contributed by atoms with Crippen LogP contribution in [0.15, 0.2) is 12.1 Å². The second-order valence-electron chi connectivity index (χ2n) is 3.32. The standard InChI is InChI=1S/C11H13FN2O4/c1-14-9(15)5-18-6-3-7(11(16)17-2)10(13)8(12)4-6/h3-4H,5,13H2,1-2H3,(H,14,15). The number of nitrogens with one attached hydrogen (secondary N) is 1. The van der Waals surface area contributed by atoms with Crippen LogP contribution < -0.4 is 15.8 Å². The zero-order valence-electron chi connectivity index (χ0n) is 9.95. The molecule has 98 valence electrons. The fraction of sp³-hybridized carbons (Fsp3) is 0.273. The minimum atomic E-state index is -0.815. The Morgan fingerprint density at radius 1 is 1.44 bits per heavy atom. The number of benzene rings is 1. The molecule has 1 rings (SSSR count). The van der Waals surface area contributed by atoms with E-state index < -0.39 is 11.8 Å². The van der Waals surface area contributed by atoms with Crippen molar-refractivity contribution in [2.24, 2.45) is 0 Å². The van der Waals surface area contributed by atoms with Crippen LogP contribution in [0, 0.1) is 5.82 Å². The molecule has 0 radical (unpaired) electrons. The number of hydrogen-bond donors (Lipinski definition) is 2. The predicted molar refractivity (Wildman–Crippen MR) is 61.7 cm³/mol. The molecular formula is C11H13FN2O4. The number of halogens is 1. The van der Waals surface area contributed by atoms with E-state index in [1.807, 2.05) is 0 Å². The van der Waals surface area contributed by atoms with Crippen LogP contribution in [0.25, 0.3) is 0 Å². The lowest BCUT2D eigenvalue weighted by Crippen LogP contribution is -2.25. The Morgan fingerprint density at radius 2 is 2.11 bits per heavy atom. The number of nitrogen functional groups attached to an aromatic ring is 1. The van der Waals surface area contributed by atoms with Crippen molar-refractivity contribution in [3.63, 3.8) is 0 Å². The maximum Gasteiger partial charge on any atom is 0.340 e. The van der Waals surface area contributed by atoms with Gasteiger partial charge in [0.2, 0.25) is 0 Å². The molecule has 0 aliphatic rings. The van der Waals surface area contributed by atoms with Crippen molar-refractivity contribution in [1.29, 1.82) is 0 Å². The third-order valence-electron chi connectivity index (χ3n) is 2.16. The fourth-order valence-corrected chi connectivity index (χ4v) is 1.18. The molecule has 6 nitrogen and oxygen atoms in total. The molecule has 0 bridgehead atoms. The van der Waals surface area contributed by atoms with Gasteiger partial charge >= 0.3 is 5.97 Å². The van der Waals surface area contributed by atoms with Crippen LogP contribution in [0.4, 0.5) is 10.1 Å². The molecule has 0 saturated heterocycles. The second kappa shape index (κ2) is 5.85. The average Bonchev–Trinajstić information content (AvgIpc) is 2.38. The second-order valence-corrected chi connectivity index (χ2v) is 3.32. The quantitative estimate of drug-likeness (QED) is 0.598. The van der Waals surface area contributed by atoms with Crippen molar-refractivity contribution in [3.05, 3.63) is 23.5 Å². The number of nitrogens with two attached hydrogens (primary N) is 1. The lowest BCUT2D eigenvalue weighted by Gasteiger charge is -2.09. The molecule has 3 N–H and O–H groups in total. The molecule has 18 heavy (non-hydrogen) atoms. The highest BCUT2D eigenvalue weighted by Gasteiger charge is 2.16. The van der Waals surface area contributed by atoms with Crippen LogP contribution >= 0.6 is 0 Å². The number of methoxy groups -OCH3 is 1. The SMILES string of the molecule is CNC(=O)COc1cc(F)c(N)c(C(=O)OC)c1. The third-order valence-corrected chi connectivity index (χ3v) is 2.16. The van der Waals surface area contributed by atoms with Crippen molar-refractivity contribution >= 4 is 17.6 Å². The number of amides is 1. The summed E-state index contributed by atoms with van der Waals surface area (Å²) in [7, 11) is 2.59. The molecule has 1 aromatic carbocycles. The Bertz CT molecular complexity index is 476. The summed E-state index contributed by atoms with van der Waals surface area (Å²) in [5.74, 6) is -1.96. The van der Waals surface area contributed by atoms with E-state index in [0.717, 1.165) is 13.2 Å².